The van der Waals surface area contributed by atoms with Crippen LogP contribution in [-0.4, -0.2) is 25.6 Å². The zero-order valence-electron chi connectivity index (χ0n) is 17.8. The Morgan fingerprint density at radius 3 is 2.62 bits per heavy atom. The van der Waals surface area contributed by atoms with E-state index in [0.29, 0.717) is 28.2 Å². The van der Waals surface area contributed by atoms with Crippen molar-refractivity contribution >= 4 is 28.3 Å². The number of rotatable bonds is 5. The fourth-order valence-corrected chi connectivity index (χ4v) is 3.54. The number of aryl methyl sites for hydroxylation is 2. The lowest BCUT2D eigenvalue weighted by Crippen LogP contribution is -2.14. The summed E-state index contributed by atoms with van der Waals surface area (Å²) in [4.78, 5) is 28.1. The van der Waals surface area contributed by atoms with E-state index in [1.54, 1.807) is 16.9 Å². The predicted molar refractivity (Wildman–Crippen MR) is 116 cm³/mol. The van der Waals surface area contributed by atoms with Crippen LogP contribution in [0, 0.1) is 29.8 Å². The Morgan fingerprint density at radius 2 is 2.00 bits per heavy atom. The normalized spacial score (nSPS) is 11.3. The number of aromatic nitrogens is 3. The zero-order valence-corrected chi connectivity index (χ0v) is 17.8. The van der Waals surface area contributed by atoms with E-state index in [2.05, 4.69) is 10.4 Å². The number of carbonyl (C=O) groups is 1. The molecule has 0 radical (unpaired) electrons. The molecule has 1 aromatic carbocycles. The van der Waals surface area contributed by atoms with Crippen LogP contribution < -0.4 is 5.32 Å². The molecule has 32 heavy (non-hydrogen) atoms. The second kappa shape index (κ2) is 7.88. The number of hydrogen-bond donors (Lipinski definition) is 1. The second-order valence-corrected chi connectivity index (χ2v) is 7.68. The largest absolute Gasteiger partial charge is 0.466 e. The van der Waals surface area contributed by atoms with Crippen LogP contribution >= 0.6 is 0 Å². The quantitative estimate of drug-likeness (QED) is 0.339. The molecule has 0 saturated carbocycles. The average molecular weight is 437 g/mol. The SMILES string of the molecule is Cc1cc(-c2cc(C(=O)Nc3ccc(F)c([N+](=O)[O-])c3)c3cnn(C(C)C)c3n2)c(C)o1. The number of hydrogen-bond acceptors (Lipinski definition) is 6. The number of pyridine rings is 1. The summed E-state index contributed by atoms with van der Waals surface area (Å²) < 4.78 is 21.0. The van der Waals surface area contributed by atoms with Crippen LogP contribution in [0.15, 0.2) is 40.9 Å². The highest BCUT2D eigenvalue weighted by Gasteiger charge is 2.21. The van der Waals surface area contributed by atoms with Crippen molar-refractivity contribution in [3.63, 3.8) is 0 Å². The van der Waals surface area contributed by atoms with Crippen LogP contribution in [0.5, 0.6) is 0 Å². The van der Waals surface area contributed by atoms with E-state index in [4.69, 9.17) is 9.40 Å². The van der Waals surface area contributed by atoms with Crippen molar-refractivity contribution in [2.45, 2.75) is 33.7 Å². The number of benzene rings is 1. The number of carbonyl (C=O) groups excluding carboxylic acids is 1. The number of nitrogens with one attached hydrogen (secondary N) is 1. The summed E-state index contributed by atoms with van der Waals surface area (Å²) in [7, 11) is 0. The molecule has 164 valence electrons. The van der Waals surface area contributed by atoms with E-state index in [0.717, 1.165) is 17.7 Å². The van der Waals surface area contributed by atoms with E-state index in [1.165, 1.54) is 6.07 Å². The third-order valence-corrected chi connectivity index (χ3v) is 5.02. The molecule has 3 aromatic heterocycles. The molecular weight excluding hydrogens is 417 g/mol. The van der Waals surface area contributed by atoms with Gasteiger partial charge in [0, 0.05) is 23.4 Å². The van der Waals surface area contributed by atoms with Crippen molar-refractivity contribution < 1.29 is 18.5 Å². The highest BCUT2D eigenvalue weighted by atomic mass is 19.1. The third-order valence-electron chi connectivity index (χ3n) is 5.02. The Hall–Kier alpha value is -4.08. The Kier molecular flexibility index (Phi) is 5.21. The lowest BCUT2D eigenvalue weighted by Gasteiger charge is -2.11. The molecule has 1 amide bonds. The van der Waals surface area contributed by atoms with Crippen molar-refractivity contribution in [2.75, 3.05) is 5.32 Å². The van der Waals surface area contributed by atoms with Gasteiger partial charge in [-0.25, -0.2) is 9.67 Å². The Bertz CT molecular complexity index is 1370. The molecule has 0 aliphatic rings. The molecular formula is C22H20FN5O4. The molecule has 0 spiro atoms. The minimum absolute atomic E-state index is 0.00177. The van der Waals surface area contributed by atoms with Gasteiger partial charge >= 0.3 is 5.69 Å². The highest BCUT2D eigenvalue weighted by Crippen LogP contribution is 2.31. The molecule has 1 N–H and O–H groups in total. The van der Waals surface area contributed by atoms with Gasteiger partial charge in [-0.1, -0.05) is 0 Å². The van der Waals surface area contributed by atoms with Gasteiger partial charge in [0.05, 0.1) is 27.8 Å². The maximum absolute atomic E-state index is 13.7. The second-order valence-electron chi connectivity index (χ2n) is 7.68. The molecule has 0 aliphatic carbocycles. The lowest BCUT2D eigenvalue weighted by atomic mass is 10.1. The Morgan fingerprint density at radius 1 is 1.25 bits per heavy atom. The number of nitrogens with zero attached hydrogens (tertiary/aromatic N) is 4. The van der Waals surface area contributed by atoms with Gasteiger partial charge in [-0.15, -0.1) is 0 Å². The van der Waals surface area contributed by atoms with Crippen molar-refractivity contribution in [2.24, 2.45) is 0 Å². The van der Waals surface area contributed by atoms with Crippen LogP contribution in [0.25, 0.3) is 22.3 Å². The first-order valence-corrected chi connectivity index (χ1v) is 9.86. The molecule has 0 atom stereocenters. The molecule has 0 bridgehead atoms. The molecule has 0 aliphatic heterocycles. The zero-order chi connectivity index (χ0) is 23.2. The topological polar surface area (TPSA) is 116 Å². The molecule has 0 fully saturated rings. The van der Waals surface area contributed by atoms with Crippen LogP contribution in [-0.2, 0) is 0 Å². The minimum atomic E-state index is -0.981. The summed E-state index contributed by atoms with van der Waals surface area (Å²) in [6.07, 6.45) is 1.56. The minimum Gasteiger partial charge on any atom is -0.466 e. The molecule has 0 unspecified atom stereocenters. The maximum Gasteiger partial charge on any atom is 0.306 e. The molecule has 4 aromatic rings. The lowest BCUT2D eigenvalue weighted by molar-refractivity contribution is -0.387. The highest BCUT2D eigenvalue weighted by molar-refractivity contribution is 6.12. The number of halogens is 1. The number of furan rings is 1. The van der Waals surface area contributed by atoms with E-state index in [-0.39, 0.29) is 17.3 Å². The van der Waals surface area contributed by atoms with Crippen molar-refractivity contribution in [3.05, 3.63) is 69.5 Å². The van der Waals surface area contributed by atoms with Gasteiger partial charge in [0.15, 0.2) is 5.65 Å². The molecule has 3 heterocycles. The summed E-state index contributed by atoms with van der Waals surface area (Å²) in [6, 6.07) is 6.64. The summed E-state index contributed by atoms with van der Waals surface area (Å²) in [5, 5.41) is 18.5. The monoisotopic (exact) mass is 437 g/mol. The number of amides is 1. The fraction of sp³-hybridized carbons (Fsp3) is 0.227. The van der Waals surface area contributed by atoms with Crippen LogP contribution in [0.1, 0.15) is 41.8 Å². The van der Waals surface area contributed by atoms with Crippen molar-refractivity contribution in [1.29, 1.82) is 0 Å². The van der Waals surface area contributed by atoms with E-state index >= 15 is 0 Å². The molecule has 0 saturated heterocycles. The van der Waals surface area contributed by atoms with Crippen molar-refractivity contribution in [3.8, 4) is 11.3 Å². The van der Waals surface area contributed by atoms with Gasteiger partial charge in [-0.3, -0.25) is 14.9 Å². The predicted octanol–water partition coefficient (Wildman–Crippen LogP) is 5.19. The number of anilines is 1. The van der Waals surface area contributed by atoms with E-state index < -0.39 is 22.3 Å². The summed E-state index contributed by atoms with van der Waals surface area (Å²) in [5.41, 5.74) is 1.45. The van der Waals surface area contributed by atoms with Gasteiger partial charge in [-0.05, 0) is 52.0 Å². The standard InChI is InChI=1S/C22H20FN5O4/c1-11(2)27-21-17(10-24-27)16(9-19(26-21)15-7-12(3)32-13(15)4)22(29)25-14-5-6-18(23)20(8-14)28(30)31/h5-11H,1-4H3,(H,25,29). The summed E-state index contributed by atoms with van der Waals surface area (Å²) >= 11 is 0. The first-order valence-electron chi connectivity index (χ1n) is 9.86. The molecule has 9 nitrogen and oxygen atoms in total. The molecule has 4 rings (SSSR count). The number of nitro groups is 1. The van der Waals surface area contributed by atoms with Gasteiger partial charge in [0.25, 0.3) is 5.91 Å². The summed E-state index contributed by atoms with van der Waals surface area (Å²) in [6.45, 7) is 7.53. The fourth-order valence-electron chi connectivity index (χ4n) is 3.54. The third kappa shape index (κ3) is 3.70. The van der Waals surface area contributed by atoms with E-state index in [1.807, 2.05) is 33.8 Å². The van der Waals surface area contributed by atoms with Gasteiger partial charge < -0.3 is 9.73 Å². The maximum atomic E-state index is 13.7. The summed E-state index contributed by atoms with van der Waals surface area (Å²) in [5.74, 6) is -0.141. The van der Waals surface area contributed by atoms with Crippen LogP contribution in [0.3, 0.4) is 0 Å². The number of nitro benzene ring substituents is 1. The molecule has 10 heteroatoms. The van der Waals surface area contributed by atoms with Crippen molar-refractivity contribution in [1.82, 2.24) is 14.8 Å². The van der Waals surface area contributed by atoms with Gasteiger partial charge in [0.2, 0.25) is 5.82 Å². The van der Waals surface area contributed by atoms with Crippen LogP contribution in [0.4, 0.5) is 15.8 Å². The number of fused-ring (bicyclic) bond motifs is 1. The Labute approximate surface area is 182 Å². The Balaban J connectivity index is 1.84. The average Bonchev–Trinajstić information content (AvgIpc) is 3.30. The van der Waals surface area contributed by atoms with E-state index in [9.17, 15) is 19.3 Å². The first kappa shape index (κ1) is 21.2. The first-order chi connectivity index (χ1) is 15.2. The smallest absolute Gasteiger partial charge is 0.306 e. The van der Waals surface area contributed by atoms with Gasteiger partial charge in [0.1, 0.15) is 11.5 Å². The van der Waals surface area contributed by atoms with Crippen LogP contribution in [0.2, 0.25) is 0 Å². The van der Waals surface area contributed by atoms with Gasteiger partial charge in [-0.2, -0.15) is 9.49 Å².